The Hall–Kier alpha value is -5.04. The summed E-state index contributed by atoms with van der Waals surface area (Å²) in [6, 6.07) is 30.8. The van der Waals surface area contributed by atoms with Gasteiger partial charge in [-0.05, 0) is 78.2 Å². The maximum absolute atomic E-state index is 14.6. The molecule has 210 valence electrons. The number of para-hydroxylation sites is 2. The third-order valence-electron chi connectivity index (χ3n) is 8.27. The van der Waals surface area contributed by atoms with Crippen molar-refractivity contribution < 1.29 is 19.1 Å². The molecule has 1 atom stereocenters. The zero-order valence-corrected chi connectivity index (χ0v) is 23.6. The number of carbonyl (C=O) groups is 2. The Morgan fingerprint density at radius 1 is 0.810 bits per heavy atom. The molecule has 5 aromatic rings. The van der Waals surface area contributed by atoms with E-state index in [1.807, 2.05) is 108 Å². The van der Waals surface area contributed by atoms with Crippen LogP contribution in [0.4, 0.5) is 5.69 Å². The molecule has 1 aromatic heterocycles. The topological polar surface area (TPSA) is 64.0 Å². The molecule has 7 rings (SSSR count). The quantitative estimate of drug-likeness (QED) is 0.233. The van der Waals surface area contributed by atoms with Gasteiger partial charge in [-0.15, -0.1) is 0 Å². The maximum Gasteiger partial charge on any atom is 0.254 e. The summed E-state index contributed by atoms with van der Waals surface area (Å²) in [7, 11) is 3.25. The van der Waals surface area contributed by atoms with E-state index in [9.17, 15) is 9.59 Å². The first kappa shape index (κ1) is 25.9. The predicted molar refractivity (Wildman–Crippen MR) is 163 cm³/mol. The Bertz CT molecular complexity index is 1820. The fourth-order valence-corrected chi connectivity index (χ4v) is 6.07. The second-order valence-corrected chi connectivity index (χ2v) is 10.8. The lowest BCUT2D eigenvalue weighted by Gasteiger charge is -2.40. The number of aromatic nitrogens is 1. The Labute approximate surface area is 244 Å². The van der Waals surface area contributed by atoms with Crippen molar-refractivity contribution in [3.05, 3.63) is 120 Å². The summed E-state index contributed by atoms with van der Waals surface area (Å²) in [4.78, 5) is 32.1. The predicted octanol–water partition coefficient (Wildman–Crippen LogP) is 6.39. The minimum absolute atomic E-state index is 0.0336. The number of nitrogens with zero attached hydrogens (tertiary/aromatic N) is 3. The molecule has 4 aromatic carbocycles. The van der Waals surface area contributed by atoms with Crippen molar-refractivity contribution in [3.8, 4) is 17.2 Å². The van der Waals surface area contributed by atoms with Crippen LogP contribution in [0.3, 0.4) is 0 Å². The first-order chi connectivity index (χ1) is 20.6. The third kappa shape index (κ3) is 4.38. The van der Waals surface area contributed by atoms with Crippen LogP contribution in [0.5, 0.6) is 11.5 Å². The molecule has 7 heteroatoms. The lowest BCUT2D eigenvalue weighted by atomic mass is 9.96. The highest BCUT2D eigenvalue weighted by Crippen LogP contribution is 2.45. The minimum Gasteiger partial charge on any atom is -0.497 e. The summed E-state index contributed by atoms with van der Waals surface area (Å²) in [5.41, 5.74) is 4.00. The van der Waals surface area contributed by atoms with Gasteiger partial charge in [-0.25, -0.2) is 0 Å². The molecule has 1 unspecified atom stereocenters. The Morgan fingerprint density at radius 2 is 1.57 bits per heavy atom. The van der Waals surface area contributed by atoms with Gasteiger partial charge in [0.15, 0.2) is 0 Å². The fourth-order valence-electron chi connectivity index (χ4n) is 6.07. The van der Waals surface area contributed by atoms with E-state index >= 15 is 0 Å². The van der Waals surface area contributed by atoms with Gasteiger partial charge in [-0.1, -0.05) is 42.5 Å². The van der Waals surface area contributed by atoms with Crippen LogP contribution in [-0.4, -0.2) is 48.1 Å². The molecule has 0 N–H and O–H groups in total. The molecule has 0 spiro atoms. The number of anilines is 1. The summed E-state index contributed by atoms with van der Waals surface area (Å²) in [6.45, 7) is -0.0336. The van der Waals surface area contributed by atoms with E-state index in [1.165, 1.54) is 0 Å². The van der Waals surface area contributed by atoms with Crippen LogP contribution < -0.4 is 14.4 Å². The number of fused-ring (bicyclic) bond motifs is 4. The average Bonchev–Trinajstić information content (AvgIpc) is 3.76. The van der Waals surface area contributed by atoms with E-state index in [-0.39, 0.29) is 24.4 Å². The summed E-state index contributed by atoms with van der Waals surface area (Å²) in [5, 5.41) is 2.08. The van der Waals surface area contributed by atoms with Crippen LogP contribution >= 0.6 is 0 Å². The zero-order chi connectivity index (χ0) is 28.8. The molecule has 1 aliphatic heterocycles. The monoisotopic (exact) mass is 557 g/mol. The summed E-state index contributed by atoms with van der Waals surface area (Å²) < 4.78 is 13.5. The molecule has 7 nitrogen and oxygen atoms in total. The van der Waals surface area contributed by atoms with Crippen molar-refractivity contribution in [2.24, 2.45) is 0 Å². The van der Waals surface area contributed by atoms with Crippen LogP contribution in [-0.2, 0) is 4.79 Å². The largest absolute Gasteiger partial charge is 0.497 e. The third-order valence-corrected chi connectivity index (χ3v) is 8.27. The molecular weight excluding hydrogens is 526 g/mol. The number of hydrogen-bond acceptors (Lipinski definition) is 4. The van der Waals surface area contributed by atoms with Gasteiger partial charge in [-0.2, -0.15) is 0 Å². The van der Waals surface area contributed by atoms with Crippen LogP contribution in [0.1, 0.15) is 40.5 Å². The van der Waals surface area contributed by atoms with Gasteiger partial charge in [-0.3, -0.25) is 14.5 Å². The summed E-state index contributed by atoms with van der Waals surface area (Å²) in [5.74, 6) is 1.03. The lowest BCUT2D eigenvalue weighted by Crippen LogP contribution is -2.47. The van der Waals surface area contributed by atoms with E-state index in [0.29, 0.717) is 17.1 Å². The Balaban J connectivity index is 1.31. The van der Waals surface area contributed by atoms with E-state index in [0.717, 1.165) is 46.2 Å². The van der Waals surface area contributed by atoms with E-state index in [1.54, 1.807) is 19.1 Å². The van der Waals surface area contributed by atoms with Gasteiger partial charge >= 0.3 is 0 Å². The van der Waals surface area contributed by atoms with Crippen LogP contribution in [0.25, 0.3) is 16.5 Å². The molecule has 1 fully saturated rings. The van der Waals surface area contributed by atoms with Crippen LogP contribution in [0, 0.1) is 0 Å². The maximum atomic E-state index is 14.6. The molecule has 0 bridgehead atoms. The second kappa shape index (κ2) is 10.4. The Kier molecular flexibility index (Phi) is 6.42. The average molecular weight is 558 g/mol. The number of benzene rings is 4. The van der Waals surface area contributed by atoms with Gasteiger partial charge in [0.05, 0.1) is 31.3 Å². The van der Waals surface area contributed by atoms with Gasteiger partial charge < -0.3 is 18.9 Å². The van der Waals surface area contributed by atoms with Crippen LogP contribution in [0.2, 0.25) is 0 Å². The fraction of sp³-hybridized carbons (Fsp3) is 0.200. The standard InChI is InChI=1S/C35H31N3O4/c1-41-27-17-18-32(42-2)28(21-27)34-31-12-7-19-36(31)29-10-5-6-11-30(29)38(34)33(39)22-37(26-15-16-26)35(40)25-14-13-23-8-3-4-9-24(23)20-25/h3-14,17-21,26,34H,15-16,22H2,1-2H3. The number of ether oxygens (including phenoxy) is 2. The van der Waals surface area contributed by atoms with Gasteiger partial charge in [0.1, 0.15) is 24.1 Å². The zero-order valence-electron chi connectivity index (χ0n) is 23.6. The first-order valence-electron chi connectivity index (χ1n) is 14.2. The van der Waals surface area contributed by atoms with Crippen molar-refractivity contribution in [1.29, 1.82) is 0 Å². The van der Waals surface area contributed by atoms with E-state index < -0.39 is 6.04 Å². The highest BCUT2D eigenvalue weighted by Gasteiger charge is 2.41. The first-order valence-corrected chi connectivity index (χ1v) is 14.2. The number of hydrogen-bond donors (Lipinski definition) is 0. The molecule has 0 radical (unpaired) electrons. The van der Waals surface area contributed by atoms with Gasteiger partial charge in [0, 0.05) is 23.4 Å². The molecule has 2 aliphatic rings. The van der Waals surface area contributed by atoms with E-state index in [4.69, 9.17) is 9.47 Å². The molecule has 1 saturated carbocycles. The minimum atomic E-state index is -0.496. The highest BCUT2D eigenvalue weighted by molar-refractivity contribution is 6.04. The molecule has 42 heavy (non-hydrogen) atoms. The molecule has 2 heterocycles. The van der Waals surface area contributed by atoms with Gasteiger partial charge in [0.2, 0.25) is 5.91 Å². The summed E-state index contributed by atoms with van der Waals surface area (Å²) >= 11 is 0. The van der Waals surface area contributed by atoms with Crippen molar-refractivity contribution >= 4 is 28.3 Å². The number of amides is 2. The highest BCUT2D eigenvalue weighted by atomic mass is 16.5. The molecule has 2 amide bonds. The SMILES string of the molecule is COc1ccc(OC)c(C2c3cccn3-c3ccccc3N2C(=O)CN(C(=O)c2ccc3ccccc3c2)C2CC2)c1. The van der Waals surface area contributed by atoms with Crippen molar-refractivity contribution in [1.82, 2.24) is 9.47 Å². The van der Waals surface area contributed by atoms with Crippen molar-refractivity contribution in [3.63, 3.8) is 0 Å². The van der Waals surface area contributed by atoms with E-state index in [2.05, 4.69) is 4.57 Å². The molecule has 0 saturated heterocycles. The number of carbonyl (C=O) groups excluding carboxylic acids is 2. The van der Waals surface area contributed by atoms with Crippen molar-refractivity contribution in [2.75, 3.05) is 25.7 Å². The van der Waals surface area contributed by atoms with Crippen molar-refractivity contribution in [2.45, 2.75) is 24.9 Å². The molecule has 1 aliphatic carbocycles. The van der Waals surface area contributed by atoms with Crippen LogP contribution in [0.15, 0.2) is 103 Å². The lowest BCUT2D eigenvalue weighted by molar-refractivity contribution is -0.119. The second-order valence-electron chi connectivity index (χ2n) is 10.8. The molecular formula is C35H31N3O4. The Morgan fingerprint density at radius 3 is 2.33 bits per heavy atom. The smallest absolute Gasteiger partial charge is 0.254 e. The number of rotatable bonds is 7. The summed E-state index contributed by atoms with van der Waals surface area (Å²) in [6.07, 6.45) is 3.79. The van der Waals surface area contributed by atoms with Gasteiger partial charge in [0.25, 0.3) is 5.91 Å². The normalized spacial score (nSPS) is 15.6. The number of methoxy groups -OCH3 is 2.